The summed E-state index contributed by atoms with van der Waals surface area (Å²) >= 11 is 0. The summed E-state index contributed by atoms with van der Waals surface area (Å²) in [6.45, 7) is 5.40. The first-order valence-electron chi connectivity index (χ1n) is 6.64. The highest BCUT2D eigenvalue weighted by Gasteiger charge is 2.16. The van der Waals surface area contributed by atoms with Gasteiger partial charge in [0.1, 0.15) is 5.56 Å². The monoisotopic (exact) mass is 286 g/mol. The van der Waals surface area contributed by atoms with Gasteiger partial charge in [-0.15, -0.1) is 0 Å². The number of nitrogens with one attached hydrogen (secondary N) is 2. The zero-order valence-corrected chi connectivity index (χ0v) is 12.3. The topological polar surface area (TPSA) is 71.2 Å². The SMILES string of the molecule is CC(C)(C)ONC(=O)c1ccc(-c2ccccc2)[nH]c1=O. The van der Waals surface area contributed by atoms with Crippen LogP contribution in [0.3, 0.4) is 0 Å². The number of carbonyl (C=O) groups is 1. The van der Waals surface area contributed by atoms with Gasteiger partial charge < -0.3 is 4.98 Å². The van der Waals surface area contributed by atoms with Gasteiger partial charge in [-0.1, -0.05) is 30.3 Å². The highest BCUT2D eigenvalue weighted by molar-refractivity contribution is 5.93. The third-order valence-electron chi connectivity index (χ3n) is 2.69. The van der Waals surface area contributed by atoms with Gasteiger partial charge in [0.15, 0.2) is 0 Å². The van der Waals surface area contributed by atoms with Crippen molar-refractivity contribution in [3.05, 3.63) is 58.4 Å². The predicted octanol–water partition coefficient (Wildman–Crippen LogP) is 2.50. The minimum atomic E-state index is -0.564. The van der Waals surface area contributed by atoms with Crippen LogP contribution in [-0.2, 0) is 4.84 Å². The van der Waals surface area contributed by atoms with E-state index in [4.69, 9.17) is 4.84 Å². The molecule has 2 N–H and O–H groups in total. The first-order valence-corrected chi connectivity index (χ1v) is 6.64. The highest BCUT2D eigenvalue weighted by atomic mass is 16.7. The number of aromatic amines is 1. The molecule has 2 rings (SSSR count). The molecule has 0 atom stereocenters. The Bertz CT molecular complexity index is 685. The van der Waals surface area contributed by atoms with Gasteiger partial charge in [0.05, 0.1) is 5.60 Å². The van der Waals surface area contributed by atoms with Crippen molar-refractivity contribution in [2.24, 2.45) is 0 Å². The Balaban J connectivity index is 2.20. The van der Waals surface area contributed by atoms with Crippen molar-refractivity contribution in [2.75, 3.05) is 0 Å². The van der Waals surface area contributed by atoms with Crippen LogP contribution in [-0.4, -0.2) is 16.5 Å². The summed E-state index contributed by atoms with van der Waals surface area (Å²) in [5.41, 5.74) is 2.86. The Morgan fingerprint density at radius 2 is 1.76 bits per heavy atom. The third kappa shape index (κ3) is 4.03. The Kier molecular flexibility index (Phi) is 4.23. The zero-order chi connectivity index (χ0) is 15.5. The fourth-order valence-electron chi connectivity index (χ4n) is 1.69. The minimum absolute atomic E-state index is 0.0129. The maximum absolute atomic E-state index is 12.0. The molecule has 1 aromatic heterocycles. The normalized spacial score (nSPS) is 11.2. The lowest BCUT2D eigenvalue weighted by Crippen LogP contribution is -2.36. The molecule has 5 heteroatoms. The summed E-state index contributed by atoms with van der Waals surface area (Å²) < 4.78 is 0. The molecular formula is C16H18N2O3. The predicted molar refractivity (Wildman–Crippen MR) is 80.8 cm³/mol. The van der Waals surface area contributed by atoms with Crippen LogP contribution in [0.4, 0.5) is 0 Å². The van der Waals surface area contributed by atoms with E-state index in [0.717, 1.165) is 5.56 Å². The molecule has 1 heterocycles. The number of hydroxylamine groups is 1. The van der Waals surface area contributed by atoms with Crippen molar-refractivity contribution in [2.45, 2.75) is 26.4 Å². The molecule has 1 aromatic carbocycles. The lowest BCUT2D eigenvalue weighted by molar-refractivity contribution is -0.0590. The fourth-order valence-corrected chi connectivity index (χ4v) is 1.69. The third-order valence-corrected chi connectivity index (χ3v) is 2.69. The molecule has 5 nitrogen and oxygen atoms in total. The second-order valence-corrected chi connectivity index (χ2v) is 5.63. The smallest absolute Gasteiger partial charge is 0.280 e. The molecule has 0 saturated carbocycles. The molecule has 0 aliphatic heterocycles. The Morgan fingerprint density at radius 3 is 2.33 bits per heavy atom. The summed E-state index contributed by atoms with van der Waals surface area (Å²) in [6, 6.07) is 12.6. The first kappa shape index (κ1) is 15.0. The number of pyridine rings is 1. The van der Waals surface area contributed by atoms with Gasteiger partial charge >= 0.3 is 0 Å². The molecule has 21 heavy (non-hydrogen) atoms. The molecule has 0 spiro atoms. The van der Waals surface area contributed by atoms with Gasteiger partial charge in [0.2, 0.25) is 0 Å². The van der Waals surface area contributed by atoms with Crippen LogP contribution in [0.15, 0.2) is 47.3 Å². The summed E-state index contributed by atoms with van der Waals surface area (Å²) in [5.74, 6) is -0.564. The van der Waals surface area contributed by atoms with Crippen LogP contribution >= 0.6 is 0 Å². The first-order chi connectivity index (χ1) is 9.87. The van der Waals surface area contributed by atoms with E-state index in [1.54, 1.807) is 26.8 Å². The van der Waals surface area contributed by atoms with Gasteiger partial charge in [-0.25, -0.2) is 5.48 Å². The molecule has 0 bridgehead atoms. The van der Waals surface area contributed by atoms with Gasteiger partial charge in [0, 0.05) is 5.69 Å². The number of hydrogen-bond donors (Lipinski definition) is 2. The van der Waals surface area contributed by atoms with Gasteiger partial charge in [-0.05, 0) is 38.5 Å². The molecule has 0 saturated heterocycles. The number of amides is 1. The molecule has 110 valence electrons. The van der Waals surface area contributed by atoms with Gasteiger partial charge in [-0.3, -0.25) is 14.4 Å². The molecule has 0 radical (unpaired) electrons. The Morgan fingerprint density at radius 1 is 1.10 bits per heavy atom. The van der Waals surface area contributed by atoms with E-state index in [2.05, 4.69) is 10.5 Å². The number of aromatic nitrogens is 1. The van der Waals surface area contributed by atoms with Crippen molar-refractivity contribution in [3.63, 3.8) is 0 Å². The van der Waals surface area contributed by atoms with E-state index in [9.17, 15) is 9.59 Å². The van der Waals surface area contributed by atoms with Gasteiger partial charge in [0.25, 0.3) is 11.5 Å². The molecule has 2 aromatic rings. The molecule has 0 fully saturated rings. The second-order valence-electron chi connectivity index (χ2n) is 5.63. The Labute approximate surface area is 122 Å². The van der Waals surface area contributed by atoms with Crippen molar-refractivity contribution in [1.29, 1.82) is 0 Å². The van der Waals surface area contributed by atoms with E-state index in [0.29, 0.717) is 5.69 Å². The molecule has 0 aliphatic carbocycles. The van der Waals surface area contributed by atoms with E-state index in [1.165, 1.54) is 6.07 Å². The van der Waals surface area contributed by atoms with Crippen molar-refractivity contribution in [3.8, 4) is 11.3 Å². The Hall–Kier alpha value is -2.40. The lowest BCUT2D eigenvalue weighted by Gasteiger charge is -2.18. The second kappa shape index (κ2) is 5.93. The van der Waals surface area contributed by atoms with E-state index in [-0.39, 0.29) is 5.56 Å². The zero-order valence-electron chi connectivity index (χ0n) is 12.3. The number of rotatable bonds is 3. The summed E-state index contributed by atoms with van der Waals surface area (Å²) in [5, 5.41) is 0. The molecule has 0 unspecified atom stereocenters. The van der Waals surface area contributed by atoms with Crippen molar-refractivity contribution < 1.29 is 9.63 Å². The van der Waals surface area contributed by atoms with E-state index >= 15 is 0 Å². The van der Waals surface area contributed by atoms with E-state index < -0.39 is 17.1 Å². The van der Waals surface area contributed by atoms with Crippen LogP contribution in [0.2, 0.25) is 0 Å². The number of benzene rings is 1. The standard InChI is InChI=1S/C16H18N2O3/c1-16(2,3)21-18-15(20)12-9-10-13(17-14(12)19)11-7-5-4-6-8-11/h4-10H,1-3H3,(H,17,19)(H,18,20). The van der Waals surface area contributed by atoms with Crippen LogP contribution in [0.25, 0.3) is 11.3 Å². The van der Waals surface area contributed by atoms with Crippen LogP contribution < -0.4 is 11.0 Å². The number of hydrogen-bond acceptors (Lipinski definition) is 3. The fraction of sp³-hybridized carbons (Fsp3) is 0.250. The van der Waals surface area contributed by atoms with E-state index in [1.807, 2.05) is 30.3 Å². The van der Waals surface area contributed by atoms with Crippen LogP contribution in [0, 0.1) is 0 Å². The average Bonchev–Trinajstić information content (AvgIpc) is 2.45. The molecule has 1 amide bonds. The summed E-state index contributed by atoms with van der Waals surface area (Å²) in [7, 11) is 0. The quantitative estimate of drug-likeness (QED) is 0.852. The number of carbonyl (C=O) groups excluding carboxylic acids is 1. The maximum atomic E-state index is 12.0. The van der Waals surface area contributed by atoms with Crippen LogP contribution in [0.1, 0.15) is 31.1 Å². The van der Waals surface area contributed by atoms with Crippen LogP contribution in [0.5, 0.6) is 0 Å². The average molecular weight is 286 g/mol. The molecular weight excluding hydrogens is 268 g/mol. The highest BCUT2D eigenvalue weighted by Crippen LogP contribution is 2.14. The number of H-pyrrole nitrogens is 1. The van der Waals surface area contributed by atoms with Crippen molar-refractivity contribution >= 4 is 5.91 Å². The summed E-state index contributed by atoms with van der Waals surface area (Å²) in [6.07, 6.45) is 0. The largest absolute Gasteiger partial charge is 0.321 e. The maximum Gasteiger partial charge on any atom is 0.280 e. The minimum Gasteiger partial charge on any atom is -0.321 e. The summed E-state index contributed by atoms with van der Waals surface area (Å²) in [4.78, 5) is 31.8. The molecule has 0 aliphatic rings. The van der Waals surface area contributed by atoms with Gasteiger partial charge in [-0.2, -0.15) is 0 Å². The van der Waals surface area contributed by atoms with Crippen molar-refractivity contribution in [1.82, 2.24) is 10.5 Å². The lowest BCUT2D eigenvalue weighted by atomic mass is 10.1.